The molecule has 0 amide bonds. The van der Waals surface area contributed by atoms with Gasteiger partial charge in [-0.05, 0) is 42.5 Å². The third kappa shape index (κ3) is 6.77. The predicted molar refractivity (Wildman–Crippen MR) is 123 cm³/mol. The van der Waals surface area contributed by atoms with Gasteiger partial charge in [-0.15, -0.1) is 0 Å². The molecule has 32 heavy (non-hydrogen) atoms. The van der Waals surface area contributed by atoms with Crippen molar-refractivity contribution in [3.63, 3.8) is 0 Å². The summed E-state index contributed by atoms with van der Waals surface area (Å²) in [4.78, 5) is 11.7. The highest BCUT2D eigenvalue weighted by atomic mass is 32.2. The van der Waals surface area contributed by atoms with Gasteiger partial charge in [0, 0.05) is 38.3 Å². The lowest BCUT2D eigenvalue weighted by Crippen LogP contribution is -2.52. The molecule has 0 N–H and O–H groups in total. The number of nitrogens with zero attached hydrogens (tertiary/aromatic N) is 4. The number of aliphatic imine (C=N–C) groups is 2. The molecule has 0 aliphatic carbocycles. The fraction of sp³-hybridized carbons (Fsp3) is 0.455. The lowest BCUT2D eigenvalue weighted by molar-refractivity contribution is -0.0920. The van der Waals surface area contributed by atoms with Gasteiger partial charge < -0.3 is 4.90 Å². The smallest absolute Gasteiger partial charge is 0.375 e. The molecule has 1 fully saturated rings. The molecule has 176 valence electrons. The molecule has 1 aromatic rings. The van der Waals surface area contributed by atoms with E-state index in [4.69, 9.17) is 0 Å². The van der Waals surface area contributed by atoms with Crippen molar-refractivity contribution in [3.8, 4) is 0 Å². The van der Waals surface area contributed by atoms with E-state index in [0.29, 0.717) is 6.54 Å². The Morgan fingerprint density at radius 2 is 1.88 bits per heavy atom. The minimum Gasteiger partial charge on any atom is -0.375 e. The normalized spacial score (nSPS) is 20.5. The lowest BCUT2D eigenvalue weighted by Gasteiger charge is -2.44. The van der Waals surface area contributed by atoms with E-state index in [1.54, 1.807) is 24.3 Å². The summed E-state index contributed by atoms with van der Waals surface area (Å²) in [6.45, 7) is 8.77. The van der Waals surface area contributed by atoms with Crippen LogP contribution in [0.5, 0.6) is 0 Å². The standard InChI is InChI=1S/C22H29F3N4O2S/c1-16(2)21-19(14-17-6-8-18(9-7-17)32(5,30)31)28(4)12-13-29(21)15-27-11-10-20(26-3)22(23,24)25/h6-11,14,16,21H,3,12-13,15H2,1-2,4-5H3/b19-14-,20-10-,27-11-. The number of piperazine rings is 1. The fourth-order valence-electron chi connectivity index (χ4n) is 3.57. The van der Waals surface area contributed by atoms with Crippen molar-refractivity contribution in [1.82, 2.24) is 9.80 Å². The van der Waals surface area contributed by atoms with Gasteiger partial charge in [0.1, 0.15) is 5.70 Å². The molecular formula is C22H29F3N4O2S. The first-order valence-corrected chi connectivity index (χ1v) is 11.9. The van der Waals surface area contributed by atoms with Gasteiger partial charge in [0.2, 0.25) is 0 Å². The molecule has 1 aromatic carbocycles. The zero-order valence-corrected chi connectivity index (χ0v) is 19.5. The van der Waals surface area contributed by atoms with Crippen LogP contribution in [0.2, 0.25) is 0 Å². The minimum absolute atomic E-state index is 0.0101. The zero-order valence-electron chi connectivity index (χ0n) is 18.7. The largest absolute Gasteiger partial charge is 0.433 e. The number of likely N-dealkylation sites (N-methyl/N-ethyl adjacent to an activating group) is 1. The van der Waals surface area contributed by atoms with Crippen LogP contribution in [0.1, 0.15) is 19.4 Å². The van der Waals surface area contributed by atoms with Crippen LogP contribution in [0.25, 0.3) is 6.08 Å². The first-order valence-electron chi connectivity index (χ1n) is 10.1. The SMILES string of the molecule is C=N/C(=C\C=N/CN1CCN(C)/C(=C\c2ccc(S(C)(=O)=O)cc2)C1C(C)C)C(F)(F)F. The average Bonchev–Trinajstić information content (AvgIpc) is 2.68. The first kappa shape index (κ1) is 25.8. The maximum absolute atomic E-state index is 12.7. The second kappa shape index (κ2) is 10.4. The molecule has 6 nitrogen and oxygen atoms in total. The van der Waals surface area contributed by atoms with Crippen LogP contribution in [0.3, 0.4) is 0 Å². The van der Waals surface area contributed by atoms with Gasteiger partial charge in [-0.3, -0.25) is 14.9 Å². The molecular weight excluding hydrogens is 441 g/mol. The Morgan fingerprint density at radius 3 is 2.38 bits per heavy atom. The number of benzene rings is 1. The fourth-order valence-corrected chi connectivity index (χ4v) is 4.20. The minimum atomic E-state index is -4.56. The summed E-state index contributed by atoms with van der Waals surface area (Å²) in [5.74, 6) is 0.214. The van der Waals surface area contributed by atoms with Crippen molar-refractivity contribution < 1.29 is 21.6 Å². The Morgan fingerprint density at radius 1 is 1.25 bits per heavy atom. The summed E-state index contributed by atoms with van der Waals surface area (Å²) in [5, 5.41) is 0. The molecule has 2 rings (SSSR count). The summed E-state index contributed by atoms with van der Waals surface area (Å²) in [6.07, 6.45) is 0.537. The molecule has 0 saturated carbocycles. The van der Waals surface area contributed by atoms with Gasteiger partial charge >= 0.3 is 6.18 Å². The van der Waals surface area contributed by atoms with E-state index >= 15 is 0 Å². The monoisotopic (exact) mass is 470 g/mol. The van der Waals surface area contributed by atoms with Crippen LogP contribution in [0.4, 0.5) is 13.2 Å². The number of allylic oxidation sites excluding steroid dienone is 2. The third-order valence-electron chi connectivity index (χ3n) is 5.18. The molecule has 0 spiro atoms. The van der Waals surface area contributed by atoms with Crippen LogP contribution < -0.4 is 0 Å². The van der Waals surface area contributed by atoms with Crippen LogP contribution in [-0.4, -0.2) is 76.4 Å². The van der Waals surface area contributed by atoms with Gasteiger partial charge in [0.05, 0.1) is 17.6 Å². The summed E-state index contributed by atoms with van der Waals surface area (Å²) < 4.78 is 61.6. The van der Waals surface area contributed by atoms with E-state index in [9.17, 15) is 21.6 Å². The Kier molecular flexibility index (Phi) is 8.41. The van der Waals surface area contributed by atoms with E-state index in [2.05, 4.69) is 40.3 Å². The van der Waals surface area contributed by atoms with Crippen molar-refractivity contribution in [1.29, 1.82) is 0 Å². The van der Waals surface area contributed by atoms with Crippen molar-refractivity contribution in [3.05, 3.63) is 47.3 Å². The van der Waals surface area contributed by atoms with Crippen molar-refractivity contribution in [2.45, 2.75) is 31.0 Å². The van der Waals surface area contributed by atoms with E-state index in [1.807, 2.05) is 13.1 Å². The molecule has 1 aliphatic rings. The second-order valence-electron chi connectivity index (χ2n) is 8.01. The zero-order chi connectivity index (χ0) is 24.1. The number of sulfone groups is 1. The van der Waals surface area contributed by atoms with Gasteiger partial charge in [-0.25, -0.2) is 8.42 Å². The quantitative estimate of drug-likeness (QED) is 0.568. The van der Waals surface area contributed by atoms with E-state index in [0.717, 1.165) is 30.1 Å². The third-order valence-corrected chi connectivity index (χ3v) is 6.30. The highest BCUT2D eigenvalue weighted by Gasteiger charge is 2.33. The summed E-state index contributed by atoms with van der Waals surface area (Å²) in [7, 11) is -1.28. The van der Waals surface area contributed by atoms with E-state index < -0.39 is 21.7 Å². The molecule has 0 radical (unpaired) electrons. The molecule has 10 heteroatoms. The predicted octanol–water partition coefficient (Wildman–Crippen LogP) is 3.88. The van der Waals surface area contributed by atoms with Crippen molar-refractivity contribution >= 4 is 28.8 Å². The van der Waals surface area contributed by atoms with Gasteiger partial charge in [-0.2, -0.15) is 13.2 Å². The maximum atomic E-state index is 12.7. The number of halogens is 3. The summed E-state index contributed by atoms with van der Waals surface area (Å²) >= 11 is 0. The first-order chi connectivity index (χ1) is 14.8. The number of hydrogen-bond donors (Lipinski definition) is 0. The lowest BCUT2D eigenvalue weighted by atomic mass is 9.94. The molecule has 1 unspecified atom stereocenters. The van der Waals surface area contributed by atoms with Gasteiger partial charge in [0.15, 0.2) is 9.84 Å². The van der Waals surface area contributed by atoms with Crippen LogP contribution in [-0.2, 0) is 9.84 Å². The van der Waals surface area contributed by atoms with E-state index in [1.165, 1.54) is 6.26 Å². The van der Waals surface area contributed by atoms with Crippen molar-refractivity contribution in [2.24, 2.45) is 15.9 Å². The summed E-state index contributed by atoms with van der Waals surface area (Å²) in [5.41, 5.74) is 0.816. The highest BCUT2D eigenvalue weighted by Crippen LogP contribution is 2.28. The maximum Gasteiger partial charge on any atom is 0.433 e. The van der Waals surface area contributed by atoms with Gasteiger partial charge in [-0.1, -0.05) is 26.0 Å². The summed E-state index contributed by atoms with van der Waals surface area (Å²) in [6, 6.07) is 6.67. The molecule has 1 atom stereocenters. The molecule has 1 heterocycles. The van der Waals surface area contributed by atoms with Crippen LogP contribution >= 0.6 is 0 Å². The van der Waals surface area contributed by atoms with E-state index in [-0.39, 0.29) is 23.5 Å². The molecule has 1 aliphatic heterocycles. The average molecular weight is 471 g/mol. The van der Waals surface area contributed by atoms with Crippen molar-refractivity contribution in [2.75, 3.05) is 33.1 Å². The Balaban J connectivity index is 2.27. The Labute approximate surface area is 187 Å². The second-order valence-corrected chi connectivity index (χ2v) is 10.0. The number of rotatable bonds is 7. The van der Waals surface area contributed by atoms with Crippen LogP contribution in [0.15, 0.2) is 56.6 Å². The van der Waals surface area contributed by atoms with Crippen LogP contribution in [0, 0.1) is 5.92 Å². The number of alkyl halides is 3. The molecule has 0 bridgehead atoms. The Hall–Kier alpha value is -2.46. The topological polar surface area (TPSA) is 65.3 Å². The molecule has 0 aromatic heterocycles. The number of hydrogen-bond acceptors (Lipinski definition) is 6. The highest BCUT2D eigenvalue weighted by molar-refractivity contribution is 7.90. The van der Waals surface area contributed by atoms with Gasteiger partial charge in [0.25, 0.3) is 0 Å². The Bertz CT molecular complexity index is 997. The molecule has 1 saturated heterocycles.